The number of ether oxygens (including phenoxy) is 3. The highest BCUT2D eigenvalue weighted by Crippen LogP contribution is 2.35. The van der Waals surface area contributed by atoms with E-state index in [1.54, 1.807) is 55.6 Å². The van der Waals surface area contributed by atoms with E-state index in [0.717, 1.165) is 4.68 Å². The number of hydrogen-bond donors (Lipinski definition) is 1. The first-order valence-electron chi connectivity index (χ1n) is 11.7. The quantitative estimate of drug-likeness (QED) is 0.262. The average Bonchev–Trinajstić information content (AvgIpc) is 3.37. The molecule has 5 aromatic rings. The van der Waals surface area contributed by atoms with E-state index in [9.17, 15) is 14.7 Å². The number of aromatic nitrogens is 2. The molecule has 0 aliphatic rings. The van der Waals surface area contributed by atoms with Crippen LogP contribution in [0.4, 0.5) is 0 Å². The zero-order valence-electron chi connectivity index (χ0n) is 21.0. The van der Waals surface area contributed by atoms with Crippen LogP contribution in [0.1, 0.15) is 12.5 Å². The topological polar surface area (TPSA) is 125 Å². The molecule has 0 aliphatic carbocycles. The van der Waals surface area contributed by atoms with Crippen molar-refractivity contribution in [1.29, 1.82) is 0 Å². The van der Waals surface area contributed by atoms with Gasteiger partial charge >= 0.3 is 5.97 Å². The summed E-state index contributed by atoms with van der Waals surface area (Å²) in [5, 5.41) is 15.1. The highest BCUT2D eigenvalue weighted by molar-refractivity contribution is 6.31. The van der Waals surface area contributed by atoms with Crippen molar-refractivity contribution in [3.8, 4) is 28.8 Å². The average molecular weight is 548 g/mol. The predicted octanol–water partition coefficient (Wildman–Crippen LogP) is 5.21. The Morgan fingerprint density at radius 1 is 1.08 bits per heavy atom. The Balaban J connectivity index is 1.72. The molecule has 198 valence electrons. The minimum absolute atomic E-state index is 0.0948. The van der Waals surface area contributed by atoms with Gasteiger partial charge in [-0.05, 0) is 43.3 Å². The van der Waals surface area contributed by atoms with Crippen LogP contribution in [0.3, 0.4) is 0 Å². The SMILES string of the molecule is COc1cc(Cl)cc(C=Nn2c(-c3cc4c(OC)cccc4o3)nc3ccccc3c2=O)c1O[C@H](C)C(=O)O. The smallest absolute Gasteiger partial charge is 0.344 e. The zero-order valence-corrected chi connectivity index (χ0v) is 21.8. The highest BCUT2D eigenvalue weighted by atomic mass is 35.5. The second-order valence-electron chi connectivity index (χ2n) is 8.42. The number of fused-ring (bicyclic) bond motifs is 2. The third kappa shape index (κ3) is 4.89. The molecule has 1 N–H and O–H groups in total. The summed E-state index contributed by atoms with van der Waals surface area (Å²) in [5.41, 5.74) is 0.833. The van der Waals surface area contributed by atoms with Gasteiger partial charge in [0.1, 0.15) is 11.3 Å². The van der Waals surface area contributed by atoms with Crippen molar-refractivity contribution < 1.29 is 28.5 Å². The Morgan fingerprint density at radius 2 is 1.85 bits per heavy atom. The first-order chi connectivity index (χ1) is 18.8. The molecule has 5 rings (SSSR count). The molecule has 0 unspecified atom stereocenters. The molecule has 0 saturated heterocycles. The van der Waals surface area contributed by atoms with E-state index >= 15 is 0 Å². The van der Waals surface area contributed by atoms with Gasteiger partial charge in [-0.1, -0.05) is 29.8 Å². The second kappa shape index (κ2) is 10.5. The summed E-state index contributed by atoms with van der Waals surface area (Å²) in [4.78, 5) is 29.7. The lowest BCUT2D eigenvalue weighted by atomic mass is 10.2. The predicted molar refractivity (Wildman–Crippen MR) is 146 cm³/mol. The third-order valence-corrected chi connectivity index (χ3v) is 6.16. The molecule has 0 bridgehead atoms. The van der Waals surface area contributed by atoms with Crippen LogP contribution in [0.25, 0.3) is 33.5 Å². The summed E-state index contributed by atoms with van der Waals surface area (Å²) in [6.45, 7) is 1.38. The van der Waals surface area contributed by atoms with Crippen LogP contribution in [0.2, 0.25) is 5.02 Å². The molecule has 2 aromatic heterocycles. The number of benzene rings is 3. The van der Waals surface area contributed by atoms with Crippen molar-refractivity contribution in [3.63, 3.8) is 0 Å². The molecule has 0 amide bonds. The van der Waals surface area contributed by atoms with Crippen molar-refractivity contribution in [2.75, 3.05) is 14.2 Å². The number of carbonyl (C=O) groups is 1. The summed E-state index contributed by atoms with van der Waals surface area (Å²) in [7, 11) is 2.96. The van der Waals surface area contributed by atoms with Gasteiger partial charge in [0.25, 0.3) is 5.56 Å². The van der Waals surface area contributed by atoms with Crippen LogP contribution in [0, 0.1) is 0 Å². The van der Waals surface area contributed by atoms with Crippen molar-refractivity contribution in [2.24, 2.45) is 5.10 Å². The molecule has 1 atom stereocenters. The van der Waals surface area contributed by atoms with Crippen LogP contribution in [0.15, 0.2) is 75.0 Å². The van der Waals surface area contributed by atoms with Crippen LogP contribution >= 0.6 is 11.6 Å². The van der Waals surface area contributed by atoms with Gasteiger partial charge in [-0.3, -0.25) is 4.79 Å². The number of carboxylic acids is 1. The number of aliphatic carboxylic acids is 1. The summed E-state index contributed by atoms with van der Waals surface area (Å²) in [5.74, 6) is 0.147. The van der Waals surface area contributed by atoms with E-state index in [0.29, 0.717) is 27.6 Å². The Labute approximate surface area is 226 Å². The van der Waals surface area contributed by atoms with E-state index in [4.69, 9.17) is 30.2 Å². The first-order valence-corrected chi connectivity index (χ1v) is 12.1. The van der Waals surface area contributed by atoms with Crippen LogP contribution in [0.5, 0.6) is 17.2 Å². The Morgan fingerprint density at radius 3 is 2.59 bits per heavy atom. The fourth-order valence-corrected chi connectivity index (χ4v) is 4.24. The fraction of sp³-hybridized carbons (Fsp3) is 0.143. The molecule has 2 heterocycles. The standard InChI is InChI=1S/C28H22ClN3O7/c1-15(28(34)35)38-25-16(11-17(29)12-23(25)37-3)14-30-32-26(31-20-8-5-4-7-18(20)27(32)33)24-13-19-21(36-2)9-6-10-22(19)39-24/h4-15H,1-3H3,(H,34,35)/t15-/m1/s1. The number of rotatable bonds is 8. The fourth-order valence-electron chi connectivity index (χ4n) is 4.02. The van der Waals surface area contributed by atoms with Crippen molar-refractivity contribution in [2.45, 2.75) is 13.0 Å². The van der Waals surface area contributed by atoms with E-state index < -0.39 is 17.6 Å². The van der Waals surface area contributed by atoms with E-state index in [2.05, 4.69) is 10.1 Å². The van der Waals surface area contributed by atoms with Gasteiger partial charge in [-0.2, -0.15) is 9.78 Å². The third-order valence-electron chi connectivity index (χ3n) is 5.94. The van der Waals surface area contributed by atoms with Crippen molar-refractivity contribution >= 4 is 45.7 Å². The summed E-state index contributed by atoms with van der Waals surface area (Å²) < 4.78 is 23.6. The monoisotopic (exact) mass is 547 g/mol. The highest BCUT2D eigenvalue weighted by Gasteiger charge is 2.21. The molecule has 0 aliphatic heterocycles. The normalized spacial score (nSPS) is 12.2. The van der Waals surface area contributed by atoms with E-state index in [1.165, 1.54) is 32.4 Å². The Bertz CT molecular complexity index is 1810. The molecule has 11 heteroatoms. The van der Waals surface area contributed by atoms with Gasteiger partial charge in [-0.15, -0.1) is 0 Å². The zero-order chi connectivity index (χ0) is 27.7. The maximum absolute atomic E-state index is 13.6. The largest absolute Gasteiger partial charge is 0.496 e. The van der Waals surface area contributed by atoms with Crippen LogP contribution in [-0.2, 0) is 4.79 Å². The minimum Gasteiger partial charge on any atom is -0.496 e. The number of halogens is 1. The van der Waals surface area contributed by atoms with Gasteiger partial charge < -0.3 is 23.7 Å². The summed E-state index contributed by atoms with van der Waals surface area (Å²) >= 11 is 6.27. The molecule has 0 radical (unpaired) electrons. The van der Waals surface area contributed by atoms with Crippen molar-refractivity contribution in [1.82, 2.24) is 9.66 Å². The molecular weight excluding hydrogens is 526 g/mol. The molecule has 0 fully saturated rings. The lowest BCUT2D eigenvalue weighted by Gasteiger charge is -2.16. The van der Waals surface area contributed by atoms with Gasteiger partial charge in [0.05, 0.1) is 36.7 Å². The van der Waals surface area contributed by atoms with E-state index in [-0.39, 0.29) is 33.7 Å². The molecule has 3 aromatic carbocycles. The molecule has 0 spiro atoms. The van der Waals surface area contributed by atoms with Gasteiger partial charge in [0, 0.05) is 16.7 Å². The second-order valence-corrected chi connectivity index (χ2v) is 8.86. The Kier molecular flexibility index (Phi) is 6.95. The lowest BCUT2D eigenvalue weighted by molar-refractivity contribution is -0.144. The molecule has 39 heavy (non-hydrogen) atoms. The maximum atomic E-state index is 13.6. The number of para-hydroxylation sites is 1. The number of nitrogens with zero attached hydrogens (tertiary/aromatic N) is 3. The molecule has 10 nitrogen and oxygen atoms in total. The van der Waals surface area contributed by atoms with Gasteiger partial charge in [-0.25, -0.2) is 9.78 Å². The van der Waals surface area contributed by atoms with Gasteiger partial charge in [0.15, 0.2) is 23.4 Å². The van der Waals surface area contributed by atoms with E-state index in [1.807, 2.05) is 0 Å². The number of carboxylic acid groups (broad SMARTS) is 1. The summed E-state index contributed by atoms with van der Waals surface area (Å²) in [6.07, 6.45) is 0.126. The van der Waals surface area contributed by atoms with Gasteiger partial charge in [0.2, 0.25) is 5.82 Å². The number of furan rings is 1. The summed E-state index contributed by atoms with van der Waals surface area (Å²) in [6, 6.07) is 17.0. The maximum Gasteiger partial charge on any atom is 0.344 e. The van der Waals surface area contributed by atoms with Crippen LogP contribution < -0.4 is 19.8 Å². The molecule has 0 saturated carbocycles. The minimum atomic E-state index is -1.20. The lowest BCUT2D eigenvalue weighted by Crippen LogP contribution is -2.24. The van der Waals surface area contributed by atoms with Crippen LogP contribution in [-0.4, -0.2) is 47.3 Å². The number of methoxy groups -OCH3 is 2. The molecular formula is C28H22ClN3O7. The first kappa shape index (κ1) is 25.8. The van der Waals surface area contributed by atoms with Crippen molar-refractivity contribution in [3.05, 3.63) is 81.6 Å². The Hall–Kier alpha value is -4.83. The number of hydrogen-bond acceptors (Lipinski definition) is 8.